The van der Waals surface area contributed by atoms with E-state index >= 15 is 0 Å². The van der Waals surface area contributed by atoms with Gasteiger partial charge in [0.05, 0.1) is 0 Å². The first kappa shape index (κ1) is 18.4. The molecule has 0 nitrogen and oxygen atoms in total. The van der Waals surface area contributed by atoms with E-state index in [4.69, 9.17) is 0 Å². The van der Waals surface area contributed by atoms with Crippen molar-refractivity contribution in [2.24, 2.45) is 17.8 Å². The van der Waals surface area contributed by atoms with Crippen LogP contribution in [0.1, 0.15) is 87.0 Å². The molecule has 0 bridgehead atoms. The summed E-state index contributed by atoms with van der Waals surface area (Å²) in [7, 11) is 0. The van der Waals surface area contributed by atoms with Crippen LogP contribution in [-0.2, 0) is 0 Å². The van der Waals surface area contributed by atoms with E-state index in [1.54, 1.807) is 0 Å². The maximum Gasteiger partial charge on any atom is -0.0414 e. The van der Waals surface area contributed by atoms with E-state index in [9.17, 15) is 0 Å². The predicted molar refractivity (Wildman–Crippen MR) is 77.9 cm³/mol. The minimum absolute atomic E-state index is 0.833. The zero-order valence-electron chi connectivity index (χ0n) is 13.0. The van der Waals surface area contributed by atoms with Crippen molar-refractivity contribution >= 4 is 0 Å². The van der Waals surface area contributed by atoms with Gasteiger partial charge in [-0.3, -0.25) is 0 Å². The van der Waals surface area contributed by atoms with E-state index in [0.29, 0.717) is 0 Å². The van der Waals surface area contributed by atoms with Crippen LogP contribution in [0, 0.1) is 17.8 Å². The van der Waals surface area contributed by atoms with Crippen LogP contribution in [-0.4, -0.2) is 0 Å². The van der Waals surface area contributed by atoms with Crippen molar-refractivity contribution in [1.82, 2.24) is 0 Å². The first-order chi connectivity index (χ1) is 7.43. The summed E-state index contributed by atoms with van der Waals surface area (Å²) in [5, 5.41) is 0. The molecule has 1 saturated carbocycles. The molecule has 1 aliphatic rings. The van der Waals surface area contributed by atoms with E-state index in [2.05, 4.69) is 48.5 Å². The van der Waals surface area contributed by atoms with Gasteiger partial charge in [0.1, 0.15) is 0 Å². The topological polar surface area (TPSA) is 0 Å². The summed E-state index contributed by atoms with van der Waals surface area (Å²) >= 11 is 0. The molecule has 16 heavy (non-hydrogen) atoms. The van der Waals surface area contributed by atoms with Gasteiger partial charge in [-0.25, -0.2) is 0 Å². The Morgan fingerprint density at radius 2 is 1.31 bits per heavy atom. The Balaban J connectivity index is 0. The zero-order chi connectivity index (χ0) is 13.0. The smallest absolute Gasteiger partial charge is 0.0414 e. The van der Waals surface area contributed by atoms with Crippen LogP contribution in [0.5, 0.6) is 0 Å². The van der Waals surface area contributed by atoms with Crippen LogP contribution in [0.3, 0.4) is 0 Å². The molecule has 1 rings (SSSR count). The molecular weight excluding hydrogens is 192 g/mol. The van der Waals surface area contributed by atoms with Gasteiger partial charge in [-0.1, -0.05) is 87.0 Å². The molecule has 0 radical (unpaired) electrons. The molecule has 0 aliphatic heterocycles. The first-order valence-corrected chi connectivity index (χ1v) is 7.43. The quantitative estimate of drug-likeness (QED) is 0.531. The summed E-state index contributed by atoms with van der Waals surface area (Å²) in [4.78, 5) is 0. The van der Waals surface area contributed by atoms with E-state index in [1.165, 1.54) is 38.5 Å². The summed E-state index contributed by atoms with van der Waals surface area (Å²) in [6.07, 6.45) is 8.73. The SMILES string of the molecule is CC(C)C.CCC(C)C.CCCC1CCC1. The molecule has 0 spiro atoms. The summed E-state index contributed by atoms with van der Waals surface area (Å²) < 4.78 is 0. The van der Waals surface area contributed by atoms with Crippen LogP contribution in [0.2, 0.25) is 0 Å². The molecule has 100 valence electrons. The lowest BCUT2D eigenvalue weighted by Crippen LogP contribution is -2.09. The van der Waals surface area contributed by atoms with Gasteiger partial charge in [-0.15, -0.1) is 0 Å². The average molecular weight is 228 g/mol. The third-order valence-electron chi connectivity index (χ3n) is 2.74. The molecule has 0 atom stereocenters. The van der Waals surface area contributed by atoms with Gasteiger partial charge >= 0.3 is 0 Å². The molecule has 0 heterocycles. The molecule has 0 aromatic heterocycles. The normalized spacial score (nSPS) is 14.8. The minimum Gasteiger partial charge on any atom is -0.0654 e. The average Bonchev–Trinajstić information content (AvgIpc) is 2.11. The van der Waals surface area contributed by atoms with Gasteiger partial charge in [0.15, 0.2) is 0 Å². The number of hydrogen-bond acceptors (Lipinski definition) is 0. The molecule has 1 fully saturated rings. The maximum atomic E-state index is 2.28. The lowest BCUT2D eigenvalue weighted by atomic mass is 9.82. The van der Waals surface area contributed by atoms with Crippen LogP contribution in [0.25, 0.3) is 0 Å². The monoisotopic (exact) mass is 228 g/mol. The zero-order valence-corrected chi connectivity index (χ0v) is 13.0. The Morgan fingerprint density at radius 3 is 1.38 bits per heavy atom. The summed E-state index contributed by atoms with van der Waals surface area (Å²) in [5.74, 6) is 2.85. The maximum absolute atomic E-state index is 2.28. The van der Waals surface area contributed by atoms with Crippen LogP contribution in [0.15, 0.2) is 0 Å². The standard InChI is InChI=1S/C7H14.C5H12.C4H10/c1-2-4-7-5-3-6-7;1-4-5(2)3;1-4(2)3/h7H,2-6H2,1H3;5H,4H2,1-3H3;4H,1-3H3. The highest BCUT2D eigenvalue weighted by Gasteiger charge is 2.14. The van der Waals surface area contributed by atoms with Crippen molar-refractivity contribution in [3.05, 3.63) is 0 Å². The predicted octanol–water partition coefficient (Wildman–Crippen LogP) is 6.30. The number of hydrogen-bond donors (Lipinski definition) is 0. The fourth-order valence-corrected chi connectivity index (χ4v) is 1.19. The Kier molecular flexibility index (Phi) is 15.0. The molecule has 0 heteroatoms. The highest BCUT2D eigenvalue weighted by atomic mass is 14.2. The molecular formula is C16H36. The van der Waals surface area contributed by atoms with Crippen molar-refractivity contribution < 1.29 is 0 Å². The molecule has 0 aromatic rings. The Bertz CT molecular complexity index is 106. The second-order valence-electron chi connectivity index (χ2n) is 6.12. The van der Waals surface area contributed by atoms with Gasteiger partial charge in [0, 0.05) is 0 Å². The number of rotatable bonds is 3. The van der Waals surface area contributed by atoms with Crippen molar-refractivity contribution in [2.45, 2.75) is 87.0 Å². The Labute approximate surface area is 105 Å². The second-order valence-corrected chi connectivity index (χ2v) is 6.12. The molecule has 0 N–H and O–H groups in total. The summed E-state index contributed by atoms with van der Waals surface area (Å²) in [5.41, 5.74) is 0. The van der Waals surface area contributed by atoms with E-state index in [0.717, 1.165) is 17.8 Å². The molecule has 0 unspecified atom stereocenters. The van der Waals surface area contributed by atoms with Gasteiger partial charge in [-0.05, 0) is 17.8 Å². The van der Waals surface area contributed by atoms with Gasteiger partial charge in [0.2, 0.25) is 0 Å². The van der Waals surface area contributed by atoms with Crippen molar-refractivity contribution in [3.63, 3.8) is 0 Å². The molecule has 1 aliphatic carbocycles. The lowest BCUT2D eigenvalue weighted by Gasteiger charge is -2.24. The Morgan fingerprint density at radius 1 is 0.938 bits per heavy atom. The third kappa shape index (κ3) is 19.6. The fourth-order valence-electron chi connectivity index (χ4n) is 1.19. The second kappa shape index (κ2) is 13.1. The van der Waals surface area contributed by atoms with Gasteiger partial charge in [-0.2, -0.15) is 0 Å². The highest BCUT2D eigenvalue weighted by molar-refractivity contribution is 4.67. The third-order valence-corrected chi connectivity index (χ3v) is 2.74. The Hall–Kier alpha value is 0. The largest absolute Gasteiger partial charge is 0.0654 e. The van der Waals surface area contributed by atoms with E-state index in [1.807, 2.05) is 0 Å². The van der Waals surface area contributed by atoms with Crippen molar-refractivity contribution in [2.75, 3.05) is 0 Å². The van der Waals surface area contributed by atoms with Crippen molar-refractivity contribution in [3.8, 4) is 0 Å². The van der Waals surface area contributed by atoms with Gasteiger partial charge < -0.3 is 0 Å². The van der Waals surface area contributed by atoms with Gasteiger partial charge in [0.25, 0.3) is 0 Å². The summed E-state index contributed by atoms with van der Waals surface area (Å²) in [6, 6.07) is 0. The highest BCUT2D eigenvalue weighted by Crippen LogP contribution is 2.29. The van der Waals surface area contributed by atoms with E-state index in [-0.39, 0.29) is 0 Å². The van der Waals surface area contributed by atoms with Crippen LogP contribution < -0.4 is 0 Å². The molecule has 0 saturated heterocycles. The van der Waals surface area contributed by atoms with Crippen molar-refractivity contribution in [1.29, 1.82) is 0 Å². The molecule has 0 aromatic carbocycles. The minimum atomic E-state index is 0.833. The molecule has 0 amide bonds. The summed E-state index contributed by atoms with van der Waals surface area (Å²) in [6.45, 7) is 15.4. The fraction of sp³-hybridized carbons (Fsp3) is 1.00. The lowest BCUT2D eigenvalue weighted by molar-refractivity contribution is 0.294. The van der Waals surface area contributed by atoms with Crippen LogP contribution >= 0.6 is 0 Å². The van der Waals surface area contributed by atoms with Crippen LogP contribution in [0.4, 0.5) is 0 Å². The van der Waals surface area contributed by atoms with E-state index < -0.39 is 0 Å². The first-order valence-electron chi connectivity index (χ1n) is 7.43.